The second-order valence-electron chi connectivity index (χ2n) is 8.50. The Morgan fingerprint density at radius 3 is 2.58 bits per heavy atom. The van der Waals surface area contributed by atoms with Gasteiger partial charge in [-0.25, -0.2) is 0 Å². The lowest BCUT2D eigenvalue weighted by atomic mass is 9.98. The van der Waals surface area contributed by atoms with E-state index in [2.05, 4.69) is 35.9 Å². The van der Waals surface area contributed by atoms with E-state index in [-0.39, 0.29) is 11.3 Å². The smallest absolute Gasteiger partial charge is 0.234 e. The number of nitrogens with zero attached hydrogens (tertiary/aromatic N) is 4. The number of carbonyl (C=O) groups is 1. The minimum absolute atomic E-state index is 0.0931. The average molecular weight is 451 g/mol. The van der Waals surface area contributed by atoms with Crippen LogP contribution in [0.15, 0.2) is 23.6 Å². The Morgan fingerprint density at radius 1 is 1.26 bits per heavy atom. The molecule has 3 saturated heterocycles. The Hall–Kier alpha value is -1.85. The molecule has 2 unspecified atom stereocenters. The molecule has 0 bridgehead atoms. The monoisotopic (exact) mass is 450 g/mol. The summed E-state index contributed by atoms with van der Waals surface area (Å²) < 4.78 is 0. The van der Waals surface area contributed by atoms with Crippen LogP contribution in [-0.2, 0) is 4.79 Å². The quantitative estimate of drug-likeness (QED) is 0.349. The zero-order valence-electron chi connectivity index (χ0n) is 17.5. The number of hydrogen-bond acceptors (Lipinski definition) is 9. The highest BCUT2D eigenvalue weighted by molar-refractivity contribution is 6.21. The molecule has 0 aromatic carbocycles. The number of anilines is 2. The van der Waals surface area contributed by atoms with Gasteiger partial charge in [0.1, 0.15) is 5.92 Å². The number of likely N-dealkylation sites (tertiary alicyclic amines) is 1. The molecule has 0 radical (unpaired) electrons. The standard InChI is InChI=1S/C20H31ClN8O2/c21-13-10-24-19(25-11-13)17(18(22)27-31)20(30)26-15-12-23-5-2-16(15)29-8-3-14(4-9-29)28-6-1-7-28/h2,5,12-14,17-19,24-25H,1,3-4,6-11,22H2,(H,26,30). The van der Waals surface area contributed by atoms with Crippen LogP contribution < -0.4 is 26.6 Å². The number of amides is 1. The fraction of sp³-hybridized carbons (Fsp3) is 0.700. The molecule has 170 valence electrons. The number of rotatable bonds is 7. The van der Waals surface area contributed by atoms with Crippen LogP contribution in [0.5, 0.6) is 0 Å². The predicted molar refractivity (Wildman–Crippen MR) is 121 cm³/mol. The summed E-state index contributed by atoms with van der Waals surface area (Å²) in [6.45, 7) is 5.30. The van der Waals surface area contributed by atoms with Crippen molar-refractivity contribution >= 4 is 28.9 Å². The highest BCUT2D eigenvalue weighted by Crippen LogP contribution is 2.30. The molecule has 3 fully saturated rings. The molecule has 31 heavy (non-hydrogen) atoms. The van der Waals surface area contributed by atoms with Crippen molar-refractivity contribution in [2.24, 2.45) is 16.8 Å². The summed E-state index contributed by atoms with van der Waals surface area (Å²) in [5, 5.41) is 12.1. The summed E-state index contributed by atoms with van der Waals surface area (Å²) in [4.78, 5) is 33.4. The van der Waals surface area contributed by atoms with Crippen molar-refractivity contribution in [3.63, 3.8) is 0 Å². The predicted octanol–water partition coefficient (Wildman–Crippen LogP) is 0.488. The van der Waals surface area contributed by atoms with Crippen LogP contribution in [-0.4, -0.2) is 78.8 Å². The zero-order valence-corrected chi connectivity index (χ0v) is 18.3. The lowest BCUT2D eigenvalue weighted by Crippen LogP contribution is -2.62. The van der Waals surface area contributed by atoms with Crippen LogP contribution in [0.25, 0.3) is 0 Å². The van der Waals surface area contributed by atoms with E-state index in [1.54, 1.807) is 12.4 Å². The van der Waals surface area contributed by atoms with E-state index < -0.39 is 18.2 Å². The van der Waals surface area contributed by atoms with E-state index in [0.29, 0.717) is 24.8 Å². The summed E-state index contributed by atoms with van der Waals surface area (Å²) in [5.74, 6) is -1.26. The van der Waals surface area contributed by atoms with E-state index in [1.165, 1.54) is 19.5 Å². The van der Waals surface area contributed by atoms with E-state index in [1.807, 2.05) is 6.07 Å². The van der Waals surface area contributed by atoms with Crippen LogP contribution in [0.4, 0.5) is 11.4 Å². The van der Waals surface area contributed by atoms with Gasteiger partial charge in [0, 0.05) is 38.4 Å². The molecule has 10 nitrogen and oxygen atoms in total. The fourth-order valence-electron chi connectivity index (χ4n) is 4.63. The van der Waals surface area contributed by atoms with E-state index in [4.69, 9.17) is 17.3 Å². The normalized spacial score (nSPS) is 27.2. The molecular weight excluding hydrogens is 420 g/mol. The first-order valence-corrected chi connectivity index (χ1v) is 11.4. The van der Waals surface area contributed by atoms with Gasteiger partial charge in [0.2, 0.25) is 5.91 Å². The molecule has 1 aromatic rings. The maximum Gasteiger partial charge on any atom is 0.234 e. The largest absolute Gasteiger partial charge is 0.370 e. The number of aromatic nitrogens is 1. The number of hydrogen-bond donors (Lipinski definition) is 4. The summed E-state index contributed by atoms with van der Waals surface area (Å²) >= 11 is 6.10. The number of carbonyl (C=O) groups excluding carboxylic acids is 1. The topological polar surface area (TPSA) is 128 Å². The van der Waals surface area contributed by atoms with Crippen LogP contribution in [0.3, 0.4) is 0 Å². The molecule has 0 aliphatic carbocycles. The molecule has 1 aromatic heterocycles. The Balaban J connectivity index is 1.44. The van der Waals surface area contributed by atoms with Crippen molar-refractivity contribution in [3.8, 4) is 0 Å². The van der Waals surface area contributed by atoms with Gasteiger partial charge in [-0.15, -0.1) is 16.5 Å². The Bertz CT molecular complexity index is 763. The van der Waals surface area contributed by atoms with Crippen molar-refractivity contribution < 1.29 is 4.79 Å². The van der Waals surface area contributed by atoms with Gasteiger partial charge in [-0.1, -0.05) is 5.18 Å². The fourth-order valence-corrected chi connectivity index (χ4v) is 4.81. The molecule has 3 aliphatic heterocycles. The van der Waals surface area contributed by atoms with Gasteiger partial charge in [-0.05, 0) is 38.4 Å². The van der Waals surface area contributed by atoms with E-state index in [9.17, 15) is 9.70 Å². The number of nitroso groups, excluding NO2 is 1. The molecule has 4 rings (SSSR count). The first-order chi connectivity index (χ1) is 15.1. The van der Waals surface area contributed by atoms with Crippen molar-refractivity contribution in [1.29, 1.82) is 0 Å². The van der Waals surface area contributed by atoms with Gasteiger partial charge >= 0.3 is 0 Å². The number of alkyl halides is 1. The highest BCUT2D eigenvalue weighted by atomic mass is 35.5. The van der Waals surface area contributed by atoms with Crippen LogP contribution in [0.1, 0.15) is 19.3 Å². The molecule has 4 heterocycles. The molecule has 5 N–H and O–H groups in total. The number of nitrogens with one attached hydrogen (secondary N) is 3. The van der Waals surface area contributed by atoms with Crippen molar-refractivity contribution in [3.05, 3.63) is 23.4 Å². The molecule has 0 spiro atoms. The molecular formula is C20H31ClN8O2. The molecule has 0 saturated carbocycles. The third-order valence-corrected chi connectivity index (χ3v) is 6.85. The average Bonchev–Trinajstić information content (AvgIpc) is 2.75. The molecule has 11 heteroatoms. The summed E-state index contributed by atoms with van der Waals surface area (Å²) in [5.41, 5.74) is 7.44. The Kier molecular flexibility index (Phi) is 7.34. The second-order valence-corrected chi connectivity index (χ2v) is 9.12. The van der Waals surface area contributed by atoms with E-state index >= 15 is 0 Å². The third kappa shape index (κ3) is 5.15. The third-order valence-electron chi connectivity index (χ3n) is 6.54. The van der Waals surface area contributed by atoms with Crippen LogP contribution in [0, 0.1) is 10.8 Å². The Labute approximate surface area is 187 Å². The number of pyridine rings is 1. The summed E-state index contributed by atoms with van der Waals surface area (Å²) in [6, 6.07) is 2.57. The van der Waals surface area contributed by atoms with Gasteiger partial charge in [0.05, 0.1) is 29.1 Å². The van der Waals surface area contributed by atoms with Crippen molar-refractivity contribution in [2.45, 2.75) is 43.0 Å². The van der Waals surface area contributed by atoms with Crippen molar-refractivity contribution in [2.75, 3.05) is 49.5 Å². The van der Waals surface area contributed by atoms with Gasteiger partial charge in [0.15, 0.2) is 6.17 Å². The van der Waals surface area contributed by atoms with Gasteiger partial charge in [-0.2, -0.15) is 0 Å². The zero-order chi connectivity index (χ0) is 21.8. The lowest BCUT2D eigenvalue weighted by molar-refractivity contribution is -0.121. The first-order valence-electron chi connectivity index (χ1n) is 11.0. The number of piperidine rings is 1. The van der Waals surface area contributed by atoms with E-state index in [0.717, 1.165) is 31.6 Å². The molecule has 3 aliphatic rings. The Morgan fingerprint density at radius 2 is 1.97 bits per heavy atom. The minimum atomic E-state index is -1.19. The number of nitrogens with two attached hydrogens (primary N) is 1. The molecule has 2 atom stereocenters. The van der Waals surface area contributed by atoms with Gasteiger partial charge < -0.3 is 20.9 Å². The second kappa shape index (κ2) is 10.2. The summed E-state index contributed by atoms with van der Waals surface area (Å²) in [7, 11) is 0. The maximum absolute atomic E-state index is 13.2. The SMILES string of the molecule is NC(N=O)C(C(=O)Nc1cnccc1N1CCC(N2CCC2)CC1)C1NCC(Cl)CN1. The van der Waals surface area contributed by atoms with Crippen LogP contribution in [0.2, 0.25) is 0 Å². The van der Waals surface area contributed by atoms with Crippen LogP contribution >= 0.6 is 11.6 Å². The van der Waals surface area contributed by atoms with Crippen molar-refractivity contribution in [1.82, 2.24) is 20.5 Å². The minimum Gasteiger partial charge on any atom is -0.370 e. The molecule has 1 amide bonds. The van der Waals surface area contributed by atoms with Gasteiger partial charge in [-0.3, -0.25) is 20.4 Å². The highest BCUT2D eigenvalue weighted by Gasteiger charge is 2.37. The van der Waals surface area contributed by atoms with Gasteiger partial charge in [0.25, 0.3) is 0 Å². The summed E-state index contributed by atoms with van der Waals surface area (Å²) in [6.07, 6.45) is 5.20. The number of halogens is 1. The first kappa shape index (κ1) is 22.3. The lowest BCUT2D eigenvalue weighted by Gasteiger charge is -2.43. The maximum atomic E-state index is 13.2.